The molecule has 1 aliphatic heterocycles. The molecule has 0 saturated carbocycles. The van der Waals surface area contributed by atoms with E-state index < -0.39 is 10.0 Å². The Balaban J connectivity index is 1.98. The fourth-order valence-corrected chi connectivity index (χ4v) is 4.10. The number of nitrogens with zero attached hydrogens (tertiary/aromatic N) is 1. The van der Waals surface area contributed by atoms with E-state index in [1.165, 1.54) is 4.31 Å². The van der Waals surface area contributed by atoms with Crippen LogP contribution in [0.3, 0.4) is 0 Å². The van der Waals surface area contributed by atoms with Gasteiger partial charge in [-0.25, -0.2) is 12.7 Å². The number of benzene rings is 1. The lowest BCUT2D eigenvalue weighted by atomic mass is 9.97. The van der Waals surface area contributed by atoms with Crippen molar-refractivity contribution in [3.8, 4) is 0 Å². The summed E-state index contributed by atoms with van der Waals surface area (Å²) in [5.74, 6) is -0.694. The minimum atomic E-state index is -3.22. The van der Waals surface area contributed by atoms with Gasteiger partial charge in [-0.2, -0.15) is 0 Å². The van der Waals surface area contributed by atoms with Crippen molar-refractivity contribution in [3.63, 3.8) is 0 Å². The molecule has 1 saturated heterocycles. The van der Waals surface area contributed by atoms with E-state index in [0.29, 0.717) is 50.3 Å². The van der Waals surface area contributed by atoms with Crippen LogP contribution in [-0.4, -0.2) is 63.6 Å². The number of rotatable bonds is 8. The first-order valence-electron chi connectivity index (χ1n) is 9.04. The number of nitrogens with one attached hydrogen (secondary N) is 2. The number of ether oxygens (including phenoxy) is 1. The highest BCUT2D eigenvalue weighted by atomic mass is 32.2. The third-order valence-corrected chi connectivity index (χ3v) is 6.49. The second kappa shape index (κ2) is 9.82. The molecule has 0 spiro atoms. The first-order chi connectivity index (χ1) is 12.9. The quantitative estimate of drug-likeness (QED) is 0.638. The van der Waals surface area contributed by atoms with Crippen LogP contribution in [0.1, 0.15) is 30.1 Å². The standard InChI is InChI=1S/C18H27N3O5S/c1-3-27(24,25)21-11-8-14(9-12-21)17(22)20-16-7-5-4-6-15(16)18(23)19-10-13-26-2/h4-7,14H,3,8-13H2,1-2H3,(H,19,23)(H,20,22). The van der Waals surface area contributed by atoms with E-state index in [9.17, 15) is 18.0 Å². The summed E-state index contributed by atoms with van der Waals surface area (Å²) in [6.07, 6.45) is 0.931. The molecule has 1 heterocycles. The highest BCUT2D eigenvalue weighted by Crippen LogP contribution is 2.23. The van der Waals surface area contributed by atoms with Crippen LogP contribution in [0.4, 0.5) is 5.69 Å². The number of para-hydroxylation sites is 1. The third kappa shape index (κ3) is 5.75. The molecule has 0 aromatic heterocycles. The van der Waals surface area contributed by atoms with E-state index in [4.69, 9.17) is 4.74 Å². The average molecular weight is 397 g/mol. The van der Waals surface area contributed by atoms with E-state index in [0.717, 1.165) is 0 Å². The Morgan fingerprint density at radius 2 is 1.89 bits per heavy atom. The van der Waals surface area contributed by atoms with E-state index in [1.807, 2.05) is 0 Å². The fourth-order valence-electron chi connectivity index (χ4n) is 2.97. The summed E-state index contributed by atoms with van der Waals surface area (Å²) >= 11 is 0. The molecule has 0 unspecified atom stereocenters. The van der Waals surface area contributed by atoms with Gasteiger partial charge in [-0.3, -0.25) is 9.59 Å². The normalized spacial score (nSPS) is 16.1. The Kier molecular flexibility index (Phi) is 7.76. The van der Waals surface area contributed by atoms with Crippen LogP contribution in [0, 0.1) is 5.92 Å². The molecule has 1 aromatic rings. The minimum absolute atomic E-state index is 0.0649. The smallest absolute Gasteiger partial charge is 0.253 e. The van der Waals surface area contributed by atoms with E-state index >= 15 is 0 Å². The topological polar surface area (TPSA) is 105 Å². The van der Waals surface area contributed by atoms with Crippen molar-refractivity contribution in [2.75, 3.05) is 44.4 Å². The number of carbonyl (C=O) groups excluding carboxylic acids is 2. The highest BCUT2D eigenvalue weighted by Gasteiger charge is 2.30. The van der Waals surface area contributed by atoms with Gasteiger partial charge >= 0.3 is 0 Å². The molecular formula is C18H27N3O5S. The van der Waals surface area contributed by atoms with E-state index in [2.05, 4.69) is 10.6 Å². The zero-order valence-electron chi connectivity index (χ0n) is 15.7. The molecule has 1 aromatic carbocycles. The Bertz CT molecular complexity index is 758. The number of methoxy groups -OCH3 is 1. The number of sulfonamides is 1. The van der Waals surface area contributed by atoms with Gasteiger partial charge < -0.3 is 15.4 Å². The molecule has 2 rings (SSSR count). The van der Waals surface area contributed by atoms with E-state index in [1.54, 1.807) is 38.3 Å². The lowest BCUT2D eigenvalue weighted by molar-refractivity contribution is -0.120. The summed E-state index contributed by atoms with van der Waals surface area (Å²) < 4.78 is 30.2. The molecule has 2 N–H and O–H groups in total. The Labute approximate surface area is 160 Å². The Morgan fingerprint density at radius 1 is 1.22 bits per heavy atom. The maximum atomic E-state index is 12.6. The van der Waals surface area contributed by atoms with Crippen LogP contribution >= 0.6 is 0 Å². The molecule has 9 heteroatoms. The van der Waals surface area contributed by atoms with Gasteiger partial charge in [0.15, 0.2) is 0 Å². The van der Waals surface area contributed by atoms with Crippen LogP contribution in [-0.2, 0) is 19.6 Å². The van der Waals surface area contributed by atoms with Crippen molar-refractivity contribution in [2.45, 2.75) is 19.8 Å². The second-order valence-electron chi connectivity index (χ2n) is 6.36. The maximum absolute atomic E-state index is 12.6. The summed E-state index contributed by atoms with van der Waals surface area (Å²) in [7, 11) is -1.67. The van der Waals surface area contributed by atoms with Gasteiger partial charge in [-0.05, 0) is 31.9 Å². The van der Waals surface area contributed by atoms with Crippen LogP contribution in [0.5, 0.6) is 0 Å². The molecule has 27 heavy (non-hydrogen) atoms. The summed E-state index contributed by atoms with van der Waals surface area (Å²) in [6.45, 7) is 3.07. The summed E-state index contributed by atoms with van der Waals surface area (Å²) in [4.78, 5) is 24.9. The Hall–Kier alpha value is -1.97. The number of hydrogen-bond acceptors (Lipinski definition) is 5. The summed E-state index contributed by atoms with van der Waals surface area (Å²) in [5.41, 5.74) is 0.828. The van der Waals surface area contributed by atoms with Gasteiger partial charge in [0.1, 0.15) is 0 Å². The minimum Gasteiger partial charge on any atom is -0.383 e. The van der Waals surface area contributed by atoms with Gasteiger partial charge in [-0.15, -0.1) is 0 Å². The van der Waals surface area contributed by atoms with Crippen LogP contribution in [0.15, 0.2) is 24.3 Å². The zero-order chi connectivity index (χ0) is 19.9. The SMILES string of the molecule is CCS(=O)(=O)N1CCC(C(=O)Nc2ccccc2C(=O)NCCOC)CC1. The van der Waals surface area contributed by atoms with Crippen LogP contribution in [0.2, 0.25) is 0 Å². The number of piperidine rings is 1. The fraction of sp³-hybridized carbons (Fsp3) is 0.556. The number of hydrogen-bond donors (Lipinski definition) is 2. The van der Waals surface area contributed by atoms with Crippen molar-refractivity contribution in [1.29, 1.82) is 0 Å². The second-order valence-corrected chi connectivity index (χ2v) is 8.61. The third-order valence-electron chi connectivity index (χ3n) is 4.60. The Morgan fingerprint density at radius 3 is 2.52 bits per heavy atom. The van der Waals surface area contributed by atoms with E-state index in [-0.39, 0.29) is 23.5 Å². The van der Waals surface area contributed by atoms with Crippen LogP contribution in [0.25, 0.3) is 0 Å². The van der Waals surface area contributed by atoms with Crippen molar-refractivity contribution < 1.29 is 22.7 Å². The predicted octanol–water partition coefficient (Wildman–Crippen LogP) is 1.06. The number of anilines is 1. The lowest BCUT2D eigenvalue weighted by Gasteiger charge is -2.30. The predicted molar refractivity (Wildman–Crippen MR) is 103 cm³/mol. The zero-order valence-corrected chi connectivity index (χ0v) is 16.5. The molecule has 0 bridgehead atoms. The molecule has 0 aliphatic carbocycles. The highest BCUT2D eigenvalue weighted by molar-refractivity contribution is 7.89. The summed E-state index contributed by atoms with van der Waals surface area (Å²) in [5, 5.41) is 5.55. The van der Waals surface area contributed by atoms with Crippen molar-refractivity contribution in [2.24, 2.45) is 5.92 Å². The van der Waals surface area contributed by atoms with Gasteiger partial charge in [0.2, 0.25) is 15.9 Å². The van der Waals surface area contributed by atoms with Gasteiger partial charge in [-0.1, -0.05) is 12.1 Å². The molecule has 0 radical (unpaired) electrons. The molecule has 1 fully saturated rings. The number of carbonyl (C=O) groups is 2. The van der Waals surface area contributed by atoms with Crippen molar-refractivity contribution >= 4 is 27.5 Å². The van der Waals surface area contributed by atoms with Crippen molar-refractivity contribution in [3.05, 3.63) is 29.8 Å². The average Bonchev–Trinajstić information content (AvgIpc) is 2.68. The summed E-state index contributed by atoms with van der Waals surface area (Å²) in [6, 6.07) is 6.81. The van der Waals surface area contributed by atoms with Gasteiger partial charge in [0, 0.05) is 32.7 Å². The molecule has 1 aliphatic rings. The molecular weight excluding hydrogens is 370 g/mol. The first-order valence-corrected chi connectivity index (χ1v) is 10.6. The van der Waals surface area contributed by atoms with Gasteiger partial charge in [0.05, 0.1) is 23.6 Å². The van der Waals surface area contributed by atoms with Gasteiger partial charge in [0.25, 0.3) is 5.91 Å². The molecule has 0 atom stereocenters. The lowest BCUT2D eigenvalue weighted by Crippen LogP contribution is -2.42. The monoisotopic (exact) mass is 397 g/mol. The maximum Gasteiger partial charge on any atom is 0.253 e. The molecule has 2 amide bonds. The number of amides is 2. The largest absolute Gasteiger partial charge is 0.383 e. The molecule has 8 nitrogen and oxygen atoms in total. The van der Waals surface area contributed by atoms with Crippen molar-refractivity contribution in [1.82, 2.24) is 9.62 Å². The first kappa shape index (κ1) is 21.3. The van der Waals surface area contributed by atoms with Crippen LogP contribution < -0.4 is 10.6 Å². The molecule has 150 valence electrons.